The summed E-state index contributed by atoms with van der Waals surface area (Å²) in [6.45, 7) is -0.358. The van der Waals surface area contributed by atoms with Crippen molar-refractivity contribution in [3.63, 3.8) is 0 Å². The molecule has 6 nitrogen and oxygen atoms in total. The van der Waals surface area contributed by atoms with Gasteiger partial charge in [-0.3, -0.25) is 4.79 Å². The van der Waals surface area contributed by atoms with Crippen molar-refractivity contribution in [3.8, 4) is 0 Å². The number of nitrogens with one attached hydrogen (secondary N) is 1. The molecule has 1 amide bonds. The van der Waals surface area contributed by atoms with Crippen LogP contribution in [-0.4, -0.2) is 41.7 Å². The minimum absolute atomic E-state index is 0.358. The summed E-state index contributed by atoms with van der Waals surface area (Å²) in [6, 6.07) is 0.507. The van der Waals surface area contributed by atoms with Crippen LogP contribution in [0.25, 0.3) is 0 Å². The number of carboxylic acids is 1. The smallest absolute Gasteiger partial charge is 0.334 e. The number of aliphatic carboxylic acids is 1. The van der Waals surface area contributed by atoms with Crippen LogP contribution >= 0.6 is 0 Å². The molecule has 0 bridgehead atoms. The third-order valence-electron chi connectivity index (χ3n) is 2.03. The van der Waals surface area contributed by atoms with Gasteiger partial charge in [-0.2, -0.15) is 0 Å². The number of aromatic nitrogens is 1. The highest BCUT2D eigenvalue weighted by atomic mass is 19.1. The molecule has 0 aliphatic heterocycles. The molecule has 98 valence electrons. The molecule has 1 rings (SSSR count). The highest BCUT2D eigenvalue weighted by Crippen LogP contribution is 2.05. The Balaban J connectivity index is 2.68. The Hall–Kier alpha value is -2.09. The number of carbonyl (C=O) groups is 2. The molecule has 0 radical (unpaired) electrons. The van der Waals surface area contributed by atoms with E-state index < -0.39 is 35.3 Å². The number of amides is 1. The molecule has 2 N–H and O–H groups in total. The summed E-state index contributed by atoms with van der Waals surface area (Å²) in [7, 11) is 1.15. The van der Waals surface area contributed by atoms with Gasteiger partial charge < -0.3 is 15.2 Å². The van der Waals surface area contributed by atoms with Crippen LogP contribution in [0.15, 0.2) is 12.3 Å². The summed E-state index contributed by atoms with van der Waals surface area (Å²) in [6.07, 6.45) is -0.569. The van der Waals surface area contributed by atoms with Crippen LogP contribution in [0, 0.1) is 11.6 Å². The van der Waals surface area contributed by atoms with Crippen molar-refractivity contribution in [2.75, 3.05) is 13.7 Å². The summed E-state index contributed by atoms with van der Waals surface area (Å²) in [5.74, 6) is -4.26. The Bertz CT molecular complexity index is 467. The Labute approximate surface area is 101 Å². The zero-order chi connectivity index (χ0) is 13.7. The normalized spacial score (nSPS) is 11.9. The third kappa shape index (κ3) is 3.45. The van der Waals surface area contributed by atoms with Crippen LogP contribution in [0.3, 0.4) is 0 Å². The van der Waals surface area contributed by atoms with Crippen molar-refractivity contribution in [1.29, 1.82) is 0 Å². The monoisotopic (exact) mass is 260 g/mol. The molecule has 18 heavy (non-hydrogen) atoms. The van der Waals surface area contributed by atoms with E-state index in [9.17, 15) is 18.4 Å². The number of ether oxygens (including phenoxy) is 1. The van der Waals surface area contributed by atoms with Crippen LogP contribution in [-0.2, 0) is 9.53 Å². The highest BCUT2D eigenvalue weighted by Gasteiger charge is 2.20. The maximum Gasteiger partial charge on any atom is 0.334 e. The van der Waals surface area contributed by atoms with Gasteiger partial charge in [0.25, 0.3) is 5.91 Å². The van der Waals surface area contributed by atoms with Crippen LogP contribution in [0.4, 0.5) is 8.78 Å². The number of hydrogen-bond acceptors (Lipinski definition) is 4. The second-order valence-corrected chi connectivity index (χ2v) is 3.26. The first-order valence-electron chi connectivity index (χ1n) is 4.80. The van der Waals surface area contributed by atoms with Gasteiger partial charge in [0.1, 0.15) is 5.82 Å². The second kappa shape index (κ2) is 6.01. The summed E-state index contributed by atoms with van der Waals surface area (Å²) in [5.41, 5.74) is -0.614. The van der Waals surface area contributed by atoms with Gasteiger partial charge in [-0.25, -0.2) is 18.6 Å². The molecule has 0 fully saturated rings. The average molecular weight is 260 g/mol. The number of hydrogen-bond donors (Lipinski definition) is 2. The van der Waals surface area contributed by atoms with Gasteiger partial charge in [0, 0.05) is 13.2 Å². The van der Waals surface area contributed by atoms with Gasteiger partial charge in [-0.15, -0.1) is 0 Å². The van der Waals surface area contributed by atoms with E-state index in [0.29, 0.717) is 12.3 Å². The van der Waals surface area contributed by atoms with Crippen LogP contribution < -0.4 is 5.32 Å². The van der Waals surface area contributed by atoms with Crippen LogP contribution in [0.5, 0.6) is 0 Å². The average Bonchev–Trinajstić information content (AvgIpc) is 2.28. The van der Waals surface area contributed by atoms with Crippen LogP contribution in [0.2, 0.25) is 0 Å². The highest BCUT2D eigenvalue weighted by molar-refractivity contribution is 5.92. The predicted molar refractivity (Wildman–Crippen MR) is 54.9 cm³/mol. The van der Waals surface area contributed by atoms with E-state index in [1.54, 1.807) is 0 Å². The maximum absolute atomic E-state index is 13.2. The molecule has 1 atom stereocenters. The Morgan fingerprint density at radius 2 is 2.22 bits per heavy atom. The Morgan fingerprint density at radius 3 is 2.72 bits per heavy atom. The number of carbonyl (C=O) groups excluding carboxylic acids is 1. The van der Waals surface area contributed by atoms with Crippen molar-refractivity contribution in [1.82, 2.24) is 10.3 Å². The van der Waals surface area contributed by atoms with Crippen molar-refractivity contribution in [2.45, 2.75) is 6.10 Å². The molecular formula is C10H10F2N2O4. The zero-order valence-electron chi connectivity index (χ0n) is 9.31. The molecule has 1 aromatic rings. The van der Waals surface area contributed by atoms with E-state index >= 15 is 0 Å². The number of methoxy groups -OCH3 is 1. The molecule has 0 aliphatic rings. The standard InChI is InChI=1S/C10H10F2N2O4/c1-18-7(10(16)17)4-14-9(15)8-6(12)2-5(11)3-13-8/h2-3,7H,4H2,1H3,(H,14,15)(H,16,17)/t7-/m0/s1. The first-order chi connectivity index (χ1) is 8.45. The van der Waals surface area contributed by atoms with Gasteiger partial charge in [-0.1, -0.05) is 0 Å². The third-order valence-corrected chi connectivity index (χ3v) is 2.03. The molecule has 0 aromatic carbocycles. The topological polar surface area (TPSA) is 88.5 Å². The number of nitrogens with zero attached hydrogens (tertiary/aromatic N) is 1. The molecule has 1 aromatic heterocycles. The van der Waals surface area contributed by atoms with Gasteiger partial charge >= 0.3 is 5.97 Å². The van der Waals surface area contributed by atoms with E-state index in [-0.39, 0.29) is 6.54 Å². The fraction of sp³-hybridized carbons (Fsp3) is 0.300. The van der Waals surface area contributed by atoms with E-state index in [0.717, 1.165) is 7.11 Å². The lowest BCUT2D eigenvalue weighted by Crippen LogP contribution is -2.38. The summed E-state index contributed by atoms with van der Waals surface area (Å²) in [5, 5.41) is 10.8. The SMILES string of the molecule is CO[C@@H](CNC(=O)c1ncc(F)cc1F)C(=O)O. The fourth-order valence-corrected chi connectivity index (χ4v) is 1.12. The number of halogens is 2. The summed E-state index contributed by atoms with van der Waals surface area (Å²) >= 11 is 0. The molecule has 0 unspecified atom stereocenters. The Kier molecular flexibility index (Phi) is 4.67. The minimum atomic E-state index is -1.27. The van der Waals surface area contributed by atoms with Crippen molar-refractivity contribution >= 4 is 11.9 Å². The van der Waals surface area contributed by atoms with E-state index in [4.69, 9.17) is 5.11 Å². The molecular weight excluding hydrogens is 250 g/mol. The summed E-state index contributed by atoms with van der Waals surface area (Å²) < 4.78 is 30.3. The lowest BCUT2D eigenvalue weighted by Gasteiger charge is -2.11. The number of carboxylic acid groups (broad SMARTS) is 1. The van der Waals surface area contributed by atoms with Gasteiger partial charge in [0.05, 0.1) is 12.7 Å². The zero-order valence-corrected chi connectivity index (χ0v) is 9.31. The van der Waals surface area contributed by atoms with E-state index in [1.165, 1.54) is 0 Å². The molecule has 0 spiro atoms. The first-order valence-corrected chi connectivity index (χ1v) is 4.80. The first kappa shape index (κ1) is 14.0. The van der Waals surface area contributed by atoms with Gasteiger partial charge in [0.2, 0.25) is 0 Å². The second-order valence-electron chi connectivity index (χ2n) is 3.26. The molecule has 0 saturated carbocycles. The largest absolute Gasteiger partial charge is 0.479 e. The van der Waals surface area contributed by atoms with Crippen molar-refractivity contribution < 1.29 is 28.2 Å². The van der Waals surface area contributed by atoms with Crippen molar-refractivity contribution in [2.24, 2.45) is 0 Å². The van der Waals surface area contributed by atoms with Gasteiger partial charge in [-0.05, 0) is 0 Å². The predicted octanol–water partition coefficient (Wildman–Crippen LogP) is 0.189. The Morgan fingerprint density at radius 1 is 1.56 bits per heavy atom. The number of rotatable bonds is 5. The lowest BCUT2D eigenvalue weighted by atomic mass is 10.3. The van der Waals surface area contributed by atoms with E-state index in [2.05, 4.69) is 15.0 Å². The molecule has 1 heterocycles. The molecule has 8 heteroatoms. The molecule has 0 saturated heterocycles. The van der Waals surface area contributed by atoms with Gasteiger partial charge in [0.15, 0.2) is 17.6 Å². The quantitative estimate of drug-likeness (QED) is 0.789. The number of pyridine rings is 1. The fourth-order valence-electron chi connectivity index (χ4n) is 1.12. The van der Waals surface area contributed by atoms with Crippen LogP contribution in [0.1, 0.15) is 10.5 Å². The lowest BCUT2D eigenvalue weighted by molar-refractivity contribution is -0.148. The van der Waals surface area contributed by atoms with Crippen molar-refractivity contribution in [3.05, 3.63) is 29.6 Å². The maximum atomic E-state index is 13.2. The molecule has 0 aliphatic carbocycles. The summed E-state index contributed by atoms with van der Waals surface area (Å²) in [4.78, 5) is 25.3. The van der Waals surface area contributed by atoms with E-state index in [1.807, 2.05) is 0 Å². The minimum Gasteiger partial charge on any atom is -0.479 e.